The molecule has 8 heteroatoms. The summed E-state index contributed by atoms with van der Waals surface area (Å²) in [4.78, 5) is 10.6. The molecular weight excluding hydrogens is 318 g/mol. The van der Waals surface area contributed by atoms with Crippen LogP contribution in [0.25, 0.3) is 0 Å². The first-order chi connectivity index (χ1) is 11.7. The molecule has 1 aromatic heterocycles. The van der Waals surface area contributed by atoms with Gasteiger partial charge in [-0.25, -0.2) is 18.7 Å². The molecule has 0 bridgehead atoms. The van der Waals surface area contributed by atoms with Gasteiger partial charge in [-0.1, -0.05) is 0 Å². The van der Waals surface area contributed by atoms with Gasteiger partial charge in [0.25, 0.3) is 5.88 Å². The highest BCUT2D eigenvalue weighted by Crippen LogP contribution is 2.22. The molecule has 0 atom stereocenters. The molecule has 24 heavy (non-hydrogen) atoms. The van der Waals surface area contributed by atoms with Gasteiger partial charge >= 0.3 is 0 Å². The van der Waals surface area contributed by atoms with Crippen LogP contribution in [-0.2, 0) is 0 Å². The smallest absolute Gasteiger partial charge is 0.257 e. The molecule has 0 unspecified atom stereocenters. The van der Waals surface area contributed by atoms with Crippen molar-refractivity contribution in [3.8, 4) is 11.6 Å². The number of hydrogen-bond acceptors (Lipinski definition) is 6. The molecule has 1 aliphatic rings. The fourth-order valence-corrected chi connectivity index (χ4v) is 2.42. The zero-order valence-corrected chi connectivity index (χ0v) is 13.0. The van der Waals surface area contributed by atoms with E-state index in [1.807, 2.05) is 0 Å². The van der Waals surface area contributed by atoms with Gasteiger partial charge in [-0.15, -0.1) is 0 Å². The van der Waals surface area contributed by atoms with Gasteiger partial charge in [0, 0.05) is 56.8 Å². The van der Waals surface area contributed by atoms with Gasteiger partial charge in [-0.3, -0.25) is 0 Å². The Morgan fingerprint density at radius 1 is 0.958 bits per heavy atom. The molecule has 1 aromatic carbocycles. The van der Waals surface area contributed by atoms with Crippen molar-refractivity contribution in [2.45, 2.75) is 0 Å². The molecular formula is C16H18F2N4O2. The highest BCUT2D eigenvalue weighted by molar-refractivity contribution is 5.48. The van der Waals surface area contributed by atoms with E-state index in [0.717, 1.165) is 44.4 Å². The molecule has 2 heterocycles. The molecule has 128 valence electrons. The highest BCUT2D eigenvalue weighted by atomic mass is 19.1. The van der Waals surface area contributed by atoms with Crippen molar-refractivity contribution in [3.63, 3.8) is 0 Å². The van der Waals surface area contributed by atoms with Crippen LogP contribution >= 0.6 is 0 Å². The lowest BCUT2D eigenvalue weighted by atomic mass is 10.3. The Bertz CT molecular complexity index is 661. The zero-order chi connectivity index (χ0) is 16.8. The van der Waals surface area contributed by atoms with Crippen LogP contribution in [0.2, 0.25) is 0 Å². The molecule has 2 aromatic rings. The van der Waals surface area contributed by atoms with Gasteiger partial charge in [0.05, 0.1) is 0 Å². The third-order valence-electron chi connectivity index (χ3n) is 3.49. The lowest BCUT2D eigenvalue weighted by Crippen LogP contribution is -2.44. The molecule has 0 spiro atoms. The van der Waals surface area contributed by atoms with E-state index in [1.165, 1.54) is 0 Å². The minimum atomic E-state index is -0.680. The van der Waals surface area contributed by atoms with E-state index in [0.29, 0.717) is 11.7 Å². The predicted molar refractivity (Wildman–Crippen MR) is 84.5 cm³/mol. The average Bonchev–Trinajstić information content (AvgIpc) is 2.59. The Morgan fingerprint density at radius 2 is 1.62 bits per heavy atom. The summed E-state index contributed by atoms with van der Waals surface area (Å²) < 4.78 is 37.1. The molecule has 1 fully saturated rings. The summed E-state index contributed by atoms with van der Waals surface area (Å²) in [6.45, 7) is 3.74. The Hall–Kier alpha value is -2.48. The van der Waals surface area contributed by atoms with Gasteiger partial charge in [-0.05, 0) is 0 Å². The lowest BCUT2D eigenvalue weighted by Gasteiger charge is -2.28. The maximum Gasteiger partial charge on any atom is 0.257 e. The summed E-state index contributed by atoms with van der Waals surface area (Å²) in [5, 5.41) is 3.27. The van der Waals surface area contributed by atoms with E-state index < -0.39 is 11.6 Å². The monoisotopic (exact) mass is 336 g/mol. The Morgan fingerprint density at radius 3 is 2.38 bits per heavy atom. The van der Waals surface area contributed by atoms with Crippen LogP contribution in [0.4, 0.5) is 14.6 Å². The second kappa shape index (κ2) is 7.87. The molecule has 1 aliphatic heterocycles. The summed E-state index contributed by atoms with van der Waals surface area (Å²) in [7, 11) is 0. The van der Waals surface area contributed by atoms with Crippen molar-refractivity contribution in [1.82, 2.24) is 15.3 Å². The van der Waals surface area contributed by atoms with Crippen molar-refractivity contribution in [3.05, 3.63) is 42.2 Å². The Balaban J connectivity index is 1.55. The largest absolute Gasteiger partial charge is 0.490 e. The standard InChI is InChI=1S/C16H18F2N4O2/c17-12-9-13(18)11-14(10-12)23-7-8-24-16-15(20-1-2-21-16)22-5-3-19-4-6-22/h1-2,9-11,19H,3-8H2. The van der Waals surface area contributed by atoms with Crippen molar-refractivity contribution in [1.29, 1.82) is 0 Å². The summed E-state index contributed by atoms with van der Waals surface area (Å²) in [6, 6.07) is 3.04. The van der Waals surface area contributed by atoms with E-state index in [4.69, 9.17) is 9.47 Å². The Labute approximate surface area is 138 Å². The molecule has 3 rings (SSSR count). The topological polar surface area (TPSA) is 59.5 Å². The van der Waals surface area contributed by atoms with Gasteiger partial charge in [0.15, 0.2) is 5.82 Å². The van der Waals surface area contributed by atoms with Crippen LogP contribution < -0.4 is 19.7 Å². The van der Waals surface area contributed by atoms with E-state index >= 15 is 0 Å². The quantitative estimate of drug-likeness (QED) is 0.809. The molecule has 0 aliphatic carbocycles. The number of halogens is 2. The molecule has 1 N–H and O–H groups in total. The van der Waals surface area contributed by atoms with Crippen molar-refractivity contribution in [2.24, 2.45) is 0 Å². The number of hydrogen-bond donors (Lipinski definition) is 1. The summed E-state index contributed by atoms with van der Waals surface area (Å²) in [5.41, 5.74) is 0. The summed E-state index contributed by atoms with van der Waals surface area (Å²) in [5.74, 6) is -0.122. The van der Waals surface area contributed by atoms with Gasteiger partial charge < -0.3 is 19.7 Å². The number of ether oxygens (including phenoxy) is 2. The van der Waals surface area contributed by atoms with E-state index in [2.05, 4.69) is 20.2 Å². The van der Waals surface area contributed by atoms with Crippen molar-refractivity contribution < 1.29 is 18.3 Å². The molecule has 6 nitrogen and oxygen atoms in total. The van der Waals surface area contributed by atoms with Gasteiger partial charge in [0.1, 0.15) is 30.6 Å². The minimum absolute atomic E-state index is 0.123. The predicted octanol–water partition coefficient (Wildman–Crippen LogP) is 1.62. The normalized spacial score (nSPS) is 14.5. The SMILES string of the molecule is Fc1cc(F)cc(OCCOc2nccnc2N2CCNCC2)c1. The van der Waals surface area contributed by atoms with Gasteiger partial charge in [0.2, 0.25) is 0 Å². The number of nitrogens with zero attached hydrogens (tertiary/aromatic N) is 3. The minimum Gasteiger partial charge on any atom is -0.490 e. The number of nitrogens with one attached hydrogen (secondary N) is 1. The maximum atomic E-state index is 13.1. The van der Waals surface area contributed by atoms with E-state index in [-0.39, 0.29) is 19.0 Å². The first kappa shape index (κ1) is 16.4. The fourth-order valence-electron chi connectivity index (χ4n) is 2.42. The van der Waals surface area contributed by atoms with Crippen LogP contribution in [0.15, 0.2) is 30.6 Å². The number of aromatic nitrogens is 2. The molecule has 0 radical (unpaired) electrons. The summed E-state index contributed by atoms with van der Waals surface area (Å²) >= 11 is 0. The zero-order valence-electron chi connectivity index (χ0n) is 13.0. The third-order valence-corrected chi connectivity index (χ3v) is 3.49. The molecule has 0 amide bonds. The van der Waals surface area contributed by atoms with Gasteiger partial charge in [-0.2, -0.15) is 0 Å². The van der Waals surface area contributed by atoms with Crippen LogP contribution in [-0.4, -0.2) is 49.4 Å². The fraction of sp³-hybridized carbons (Fsp3) is 0.375. The number of rotatable bonds is 6. The van der Waals surface area contributed by atoms with Crippen molar-refractivity contribution in [2.75, 3.05) is 44.3 Å². The first-order valence-electron chi connectivity index (χ1n) is 7.71. The van der Waals surface area contributed by atoms with Crippen molar-refractivity contribution >= 4 is 5.82 Å². The van der Waals surface area contributed by atoms with Crippen LogP contribution in [0.1, 0.15) is 0 Å². The maximum absolute atomic E-state index is 13.1. The number of piperazine rings is 1. The second-order valence-electron chi connectivity index (χ2n) is 5.22. The lowest BCUT2D eigenvalue weighted by molar-refractivity contribution is 0.210. The van der Waals surface area contributed by atoms with Crippen LogP contribution in [0.3, 0.4) is 0 Å². The average molecular weight is 336 g/mol. The van der Waals surface area contributed by atoms with E-state index in [9.17, 15) is 8.78 Å². The molecule has 0 saturated carbocycles. The third kappa shape index (κ3) is 4.29. The van der Waals surface area contributed by atoms with E-state index in [1.54, 1.807) is 12.4 Å². The molecule has 1 saturated heterocycles. The highest BCUT2D eigenvalue weighted by Gasteiger charge is 2.17. The van der Waals surface area contributed by atoms with Crippen LogP contribution in [0, 0.1) is 11.6 Å². The number of anilines is 1. The second-order valence-corrected chi connectivity index (χ2v) is 5.22. The Kier molecular flexibility index (Phi) is 5.37. The first-order valence-corrected chi connectivity index (χ1v) is 7.71. The summed E-state index contributed by atoms with van der Waals surface area (Å²) in [6.07, 6.45) is 3.18. The van der Waals surface area contributed by atoms with Crippen LogP contribution in [0.5, 0.6) is 11.6 Å². The number of benzene rings is 1.